The van der Waals surface area contributed by atoms with Crippen LogP contribution < -0.4 is 4.74 Å². The molecule has 0 aromatic heterocycles. The van der Waals surface area contributed by atoms with Crippen molar-refractivity contribution in [3.63, 3.8) is 0 Å². The first-order chi connectivity index (χ1) is 9.70. The number of carbonyl (C=O) groups is 1. The lowest BCUT2D eigenvalue weighted by Crippen LogP contribution is -2.04. The van der Waals surface area contributed by atoms with Crippen molar-refractivity contribution in [2.75, 3.05) is 6.61 Å². The summed E-state index contributed by atoms with van der Waals surface area (Å²) in [6.45, 7) is 2.74. The van der Waals surface area contributed by atoms with Crippen LogP contribution in [-0.2, 0) is 6.42 Å². The summed E-state index contributed by atoms with van der Waals surface area (Å²) in [4.78, 5) is 12.2. The van der Waals surface area contributed by atoms with Crippen LogP contribution in [0, 0.1) is 0 Å². The van der Waals surface area contributed by atoms with E-state index in [-0.39, 0.29) is 5.78 Å². The Morgan fingerprint density at radius 1 is 1.15 bits per heavy atom. The van der Waals surface area contributed by atoms with Crippen molar-refractivity contribution in [1.82, 2.24) is 0 Å². The van der Waals surface area contributed by atoms with Crippen molar-refractivity contribution in [2.45, 2.75) is 19.8 Å². The zero-order valence-corrected chi connectivity index (χ0v) is 13.0. The zero-order valence-electron chi connectivity index (χ0n) is 11.4. The smallest absolute Gasteiger partial charge is 0.167 e. The topological polar surface area (TPSA) is 26.3 Å². The average molecular weight is 333 g/mol. The first kappa shape index (κ1) is 14.8. The molecule has 2 aromatic carbocycles. The van der Waals surface area contributed by atoms with Gasteiger partial charge in [-0.15, -0.1) is 0 Å². The second kappa shape index (κ2) is 7.25. The Labute approximate surface area is 127 Å². The first-order valence-electron chi connectivity index (χ1n) is 6.70. The summed E-state index contributed by atoms with van der Waals surface area (Å²) < 4.78 is 6.40. The maximum absolute atomic E-state index is 12.2. The van der Waals surface area contributed by atoms with Gasteiger partial charge < -0.3 is 4.74 Å². The minimum Gasteiger partial charge on any atom is -0.492 e. The van der Waals surface area contributed by atoms with Crippen LogP contribution in [0.15, 0.2) is 53.0 Å². The van der Waals surface area contributed by atoms with Gasteiger partial charge in [0.1, 0.15) is 5.75 Å². The van der Waals surface area contributed by atoms with Crippen LogP contribution in [0.25, 0.3) is 0 Å². The maximum atomic E-state index is 12.2. The highest BCUT2D eigenvalue weighted by Gasteiger charge is 2.10. The van der Waals surface area contributed by atoms with Gasteiger partial charge in [-0.3, -0.25) is 4.79 Å². The maximum Gasteiger partial charge on any atom is 0.167 e. The van der Waals surface area contributed by atoms with E-state index in [2.05, 4.69) is 22.9 Å². The van der Waals surface area contributed by atoms with Crippen LogP contribution in [0.1, 0.15) is 29.3 Å². The molecule has 0 aliphatic carbocycles. The third-order valence-electron chi connectivity index (χ3n) is 2.92. The summed E-state index contributed by atoms with van der Waals surface area (Å²) in [5, 5.41) is 0. The van der Waals surface area contributed by atoms with Gasteiger partial charge in [-0.1, -0.05) is 37.3 Å². The van der Waals surface area contributed by atoms with Gasteiger partial charge in [-0.25, -0.2) is 0 Å². The molecular formula is C17H17BrO2. The molecule has 0 saturated carbocycles. The molecule has 20 heavy (non-hydrogen) atoms. The molecule has 104 valence electrons. The zero-order chi connectivity index (χ0) is 14.4. The molecule has 0 heterocycles. The number of hydrogen-bond acceptors (Lipinski definition) is 2. The van der Waals surface area contributed by atoms with Crippen LogP contribution in [-0.4, -0.2) is 12.4 Å². The molecule has 2 nitrogen and oxygen atoms in total. The normalized spacial score (nSPS) is 10.3. The lowest BCUT2D eigenvalue weighted by atomic mass is 10.0. The molecule has 0 aliphatic heterocycles. The number of hydrogen-bond donors (Lipinski definition) is 0. The van der Waals surface area contributed by atoms with E-state index in [1.807, 2.05) is 48.5 Å². The quantitative estimate of drug-likeness (QED) is 0.719. The van der Waals surface area contributed by atoms with E-state index in [1.165, 1.54) is 0 Å². The van der Waals surface area contributed by atoms with Crippen molar-refractivity contribution in [3.8, 4) is 5.75 Å². The number of ether oxygens (including phenoxy) is 1. The fourth-order valence-corrected chi connectivity index (χ4v) is 2.38. The van der Waals surface area contributed by atoms with Crippen molar-refractivity contribution in [1.29, 1.82) is 0 Å². The fourth-order valence-electron chi connectivity index (χ4n) is 1.89. The van der Waals surface area contributed by atoms with Gasteiger partial charge in [-0.2, -0.15) is 0 Å². The molecule has 2 rings (SSSR count). The summed E-state index contributed by atoms with van der Waals surface area (Å²) in [6, 6.07) is 15.3. The minimum atomic E-state index is 0.110. The predicted molar refractivity (Wildman–Crippen MR) is 84.4 cm³/mol. The highest BCUT2D eigenvalue weighted by atomic mass is 79.9. The fraction of sp³-hybridized carbons (Fsp3) is 0.235. The van der Waals surface area contributed by atoms with Crippen molar-refractivity contribution in [2.24, 2.45) is 0 Å². The Hall–Kier alpha value is -1.61. The van der Waals surface area contributed by atoms with E-state index in [0.29, 0.717) is 18.6 Å². The van der Waals surface area contributed by atoms with E-state index in [4.69, 9.17) is 4.74 Å². The molecule has 0 amide bonds. The van der Waals surface area contributed by atoms with Gasteiger partial charge in [-0.05, 0) is 46.1 Å². The van der Waals surface area contributed by atoms with Crippen molar-refractivity contribution >= 4 is 21.7 Å². The van der Waals surface area contributed by atoms with Gasteiger partial charge in [0, 0.05) is 12.0 Å². The van der Waals surface area contributed by atoms with Gasteiger partial charge in [0.15, 0.2) is 5.78 Å². The molecule has 0 bridgehead atoms. The summed E-state index contributed by atoms with van der Waals surface area (Å²) >= 11 is 3.45. The molecule has 3 heteroatoms. The lowest BCUT2D eigenvalue weighted by molar-refractivity contribution is 0.0993. The molecule has 0 atom stereocenters. The van der Waals surface area contributed by atoms with Gasteiger partial charge in [0.2, 0.25) is 0 Å². The number of Topliss-reactive ketones (excluding diaryl/α,β-unsaturated/α-hetero) is 1. The van der Waals surface area contributed by atoms with E-state index in [0.717, 1.165) is 22.2 Å². The van der Waals surface area contributed by atoms with Crippen LogP contribution >= 0.6 is 15.9 Å². The molecule has 0 fully saturated rings. The van der Waals surface area contributed by atoms with E-state index in [9.17, 15) is 4.79 Å². The summed E-state index contributed by atoms with van der Waals surface area (Å²) in [5.74, 6) is 0.891. The lowest BCUT2D eigenvalue weighted by Gasteiger charge is -2.08. The van der Waals surface area contributed by atoms with Gasteiger partial charge in [0.25, 0.3) is 0 Å². The third-order valence-corrected chi connectivity index (χ3v) is 3.54. The predicted octanol–water partition coefficient (Wildman–Crippen LogP) is 4.66. The second-order valence-corrected chi connectivity index (χ2v) is 5.43. The number of halogens is 1. The Morgan fingerprint density at radius 2 is 1.90 bits per heavy atom. The largest absolute Gasteiger partial charge is 0.492 e. The average Bonchev–Trinajstić information content (AvgIpc) is 2.47. The van der Waals surface area contributed by atoms with E-state index < -0.39 is 0 Å². The molecule has 0 unspecified atom stereocenters. The van der Waals surface area contributed by atoms with Crippen molar-refractivity contribution < 1.29 is 9.53 Å². The summed E-state index contributed by atoms with van der Waals surface area (Å²) in [5.41, 5.74) is 1.73. The molecule has 0 N–H and O–H groups in total. The molecule has 0 spiro atoms. The van der Waals surface area contributed by atoms with Crippen LogP contribution in [0.3, 0.4) is 0 Å². The standard InChI is InChI=1S/C17H17BrO2/c1-2-10-20-17-9-8-14(12-15(17)18)16(19)11-13-6-4-3-5-7-13/h3-9,12H,2,10-11H2,1H3. The van der Waals surface area contributed by atoms with E-state index in [1.54, 1.807) is 0 Å². The minimum absolute atomic E-state index is 0.110. The highest BCUT2D eigenvalue weighted by Crippen LogP contribution is 2.26. The molecule has 2 aromatic rings. The molecule has 0 radical (unpaired) electrons. The first-order valence-corrected chi connectivity index (χ1v) is 7.49. The summed E-state index contributed by atoms with van der Waals surface area (Å²) in [6.07, 6.45) is 1.38. The van der Waals surface area contributed by atoms with Gasteiger partial charge >= 0.3 is 0 Å². The number of rotatable bonds is 6. The number of carbonyl (C=O) groups excluding carboxylic acids is 1. The second-order valence-electron chi connectivity index (χ2n) is 4.58. The van der Waals surface area contributed by atoms with Crippen molar-refractivity contribution in [3.05, 3.63) is 64.1 Å². The Balaban J connectivity index is 2.09. The molecular weight excluding hydrogens is 316 g/mol. The Morgan fingerprint density at radius 3 is 2.55 bits per heavy atom. The molecule has 0 saturated heterocycles. The summed E-state index contributed by atoms with van der Waals surface area (Å²) in [7, 11) is 0. The molecule has 0 aliphatic rings. The number of ketones is 1. The Kier molecular flexibility index (Phi) is 5.36. The van der Waals surface area contributed by atoms with E-state index >= 15 is 0 Å². The van der Waals surface area contributed by atoms with Crippen LogP contribution in [0.4, 0.5) is 0 Å². The van der Waals surface area contributed by atoms with Gasteiger partial charge in [0.05, 0.1) is 11.1 Å². The Bertz CT molecular complexity index is 579. The SMILES string of the molecule is CCCOc1ccc(C(=O)Cc2ccccc2)cc1Br. The highest BCUT2D eigenvalue weighted by molar-refractivity contribution is 9.10. The number of benzene rings is 2. The van der Waals surface area contributed by atoms with Crippen LogP contribution in [0.2, 0.25) is 0 Å². The third kappa shape index (κ3) is 3.94. The van der Waals surface area contributed by atoms with Crippen LogP contribution in [0.5, 0.6) is 5.75 Å². The monoisotopic (exact) mass is 332 g/mol.